The van der Waals surface area contributed by atoms with Crippen LogP contribution in [0.4, 0.5) is 4.39 Å². The highest BCUT2D eigenvalue weighted by Crippen LogP contribution is 2.43. The Balaban J connectivity index is 1.29. The summed E-state index contributed by atoms with van der Waals surface area (Å²) >= 11 is 0. The zero-order valence-electron chi connectivity index (χ0n) is 15.2. The van der Waals surface area contributed by atoms with Crippen LogP contribution in [-0.2, 0) is 6.42 Å². The summed E-state index contributed by atoms with van der Waals surface area (Å²) in [7, 11) is 0. The van der Waals surface area contributed by atoms with Crippen LogP contribution in [0.5, 0.6) is 11.5 Å². The summed E-state index contributed by atoms with van der Waals surface area (Å²) in [6, 6.07) is 11.0. The first-order valence-corrected chi connectivity index (χ1v) is 9.79. The zero-order valence-corrected chi connectivity index (χ0v) is 15.2. The second-order valence-electron chi connectivity index (χ2n) is 7.74. The summed E-state index contributed by atoms with van der Waals surface area (Å²) < 4.78 is 25.1. The van der Waals surface area contributed by atoms with Gasteiger partial charge in [-0.15, -0.1) is 0 Å². The fourth-order valence-corrected chi connectivity index (χ4v) is 4.87. The van der Waals surface area contributed by atoms with Crippen molar-refractivity contribution in [2.45, 2.75) is 37.3 Å². The quantitative estimate of drug-likeness (QED) is 0.881. The fraction of sp³-hybridized carbons (Fsp3) is 0.455. The number of fused-ring (bicyclic) bond motifs is 2. The first-order chi connectivity index (χ1) is 13.2. The van der Waals surface area contributed by atoms with E-state index >= 15 is 0 Å². The molecule has 0 radical (unpaired) electrons. The van der Waals surface area contributed by atoms with Gasteiger partial charge in [-0.05, 0) is 67.6 Å². The van der Waals surface area contributed by atoms with E-state index in [9.17, 15) is 9.50 Å². The predicted octanol–water partition coefficient (Wildman–Crippen LogP) is 3.43. The molecule has 1 saturated heterocycles. The minimum absolute atomic E-state index is 0.0482. The van der Waals surface area contributed by atoms with Crippen molar-refractivity contribution in [3.8, 4) is 11.5 Å². The third-order valence-electron chi connectivity index (χ3n) is 6.25. The molecule has 2 atom stereocenters. The smallest absolute Gasteiger partial charge is 0.164 e. The maximum absolute atomic E-state index is 13.5. The number of halogens is 1. The highest BCUT2D eigenvalue weighted by atomic mass is 19.1. The van der Waals surface area contributed by atoms with Gasteiger partial charge in [0.25, 0.3) is 0 Å². The van der Waals surface area contributed by atoms with Gasteiger partial charge in [0.15, 0.2) is 11.5 Å². The topological polar surface area (TPSA) is 41.9 Å². The maximum Gasteiger partial charge on any atom is 0.164 e. The molecule has 5 rings (SSSR count). The molecule has 5 heteroatoms. The number of nitrogens with zero attached hydrogens (tertiary/aromatic N) is 1. The minimum Gasteiger partial charge on any atom is -0.486 e. The molecule has 1 aliphatic carbocycles. The Morgan fingerprint density at radius 2 is 1.81 bits per heavy atom. The summed E-state index contributed by atoms with van der Waals surface area (Å²) in [5, 5.41) is 10.7. The Hall–Kier alpha value is -2.11. The Bertz CT molecular complexity index is 847. The number of para-hydroxylation sites is 1. The van der Waals surface area contributed by atoms with E-state index in [2.05, 4.69) is 11.0 Å². The molecule has 2 aromatic carbocycles. The van der Waals surface area contributed by atoms with E-state index in [0.29, 0.717) is 19.1 Å². The highest BCUT2D eigenvalue weighted by Gasteiger charge is 2.37. The molecule has 0 unspecified atom stereocenters. The van der Waals surface area contributed by atoms with Crippen molar-refractivity contribution in [1.82, 2.24) is 4.90 Å². The third-order valence-corrected chi connectivity index (χ3v) is 6.25. The fourth-order valence-electron chi connectivity index (χ4n) is 4.87. The average molecular weight is 369 g/mol. The van der Waals surface area contributed by atoms with E-state index in [0.717, 1.165) is 55.0 Å². The summed E-state index contributed by atoms with van der Waals surface area (Å²) in [5.74, 6) is 1.98. The molecule has 4 nitrogen and oxygen atoms in total. The normalized spacial score (nSPS) is 25.4. The van der Waals surface area contributed by atoms with E-state index < -0.39 is 6.10 Å². The lowest BCUT2D eigenvalue weighted by molar-refractivity contribution is 0.0454. The van der Waals surface area contributed by atoms with Crippen LogP contribution in [-0.4, -0.2) is 42.4 Å². The molecule has 0 bridgehead atoms. The number of benzene rings is 2. The molecule has 2 heterocycles. The van der Waals surface area contributed by atoms with Gasteiger partial charge in [0.2, 0.25) is 0 Å². The van der Waals surface area contributed by atoms with E-state index in [1.165, 1.54) is 11.6 Å². The molecule has 1 fully saturated rings. The van der Waals surface area contributed by atoms with E-state index in [-0.39, 0.29) is 11.9 Å². The van der Waals surface area contributed by atoms with Crippen molar-refractivity contribution >= 4 is 0 Å². The van der Waals surface area contributed by atoms with Crippen molar-refractivity contribution in [2.75, 3.05) is 26.3 Å². The van der Waals surface area contributed by atoms with Gasteiger partial charge in [-0.25, -0.2) is 4.39 Å². The van der Waals surface area contributed by atoms with Gasteiger partial charge >= 0.3 is 0 Å². The number of hydrogen-bond acceptors (Lipinski definition) is 4. The number of likely N-dealkylation sites (tertiary alicyclic amines) is 1. The average Bonchev–Trinajstić information content (AvgIpc) is 3.03. The van der Waals surface area contributed by atoms with Gasteiger partial charge in [-0.2, -0.15) is 0 Å². The molecular weight excluding hydrogens is 345 g/mol. The van der Waals surface area contributed by atoms with Crippen LogP contribution in [0.3, 0.4) is 0 Å². The van der Waals surface area contributed by atoms with Crippen LogP contribution in [0.25, 0.3) is 0 Å². The molecule has 1 N–H and O–H groups in total. The standard InChI is InChI=1S/C22H24FNO3/c23-16-4-5-17-15(12-16)13-19(21(17)25)24-8-6-14(7-9-24)18-2-1-3-20-22(18)27-11-10-26-20/h1-5,12,14,19,21,25H,6-11,13H2/t19-,21+/m0/s1. The monoisotopic (exact) mass is 369 g/mol. The second kappa shape index (κ2) is 6.80. The molecule has 0 spiro atoms. The largest absolute Gasteiger partial charge is 0.486 e. The number of aliphatic hydroxyl groups is 1. The van der Waals surface area contributed by atoms with Crippen LogP contribution in [0, 0.1) is 5.82 Å². The summed E-state index contributed by atoms with van der Waals surface area (Å²) in [4.78, 5) is 2.37. The summed E-state index contributed by atoms with van der Waals surface area (Å²) in [6.07, 6.45) is 2.23. The molecule has 0 aromatic heterocycles. The lowest BCUT2D eigenvalue weighted by atomic mass is 9.87. The molecular formula is C22H24FNO3. The van der Waals surface area contributed by atoms with Gasteiger partial charge in [0.05, 0.1) is 6.10 Å². The number of ether oxygens (including phenoxy) is 2. The molecule has 142 valence electrons. The molecule has 2 aliphatic heterocycles. The first kappa shape index (κ1) is 17.0. The van der Waals surface area contributed by atoms with Crippen LogP contribution in [0.1, 0.15) is 41.6 Å². The van der Waals surface area contributed by atoms with E-state index in [1.54, 1.807) is 12.1 Å². The van der Waals surface area contributed by atoms with E-state index in [1.807, 2.05) is 12.1 Å². The van der Waals surface area contributed by atoms with Crippen molar-refractivity contribution in [1.29, 1.82) is 0 Å². The second-order valence-corrected chi connectivity index (χ2v) is 7.74. The molecule has 27 heavy (non-hydrogen) atoms. The van der Waals surface area contributed by atoms with Gasteiger partial charge < -0.3 is 14.6 Å². The minimum atomic E-state index is -0.529. The Labute approximate surface area is 158 Å². The SMILES string of the molecule is O[C@@H]1c2ccc(F)cc2C[C@@H]1N1CCC(c2cccc3c2OCCO3)CC1. The molecule has 3 aliphatic rings. The van der Waals surface area contributed by atoms with Crippen LogP contribution >= 0.6 is 0 Å². The molecule has 2 aromatic rings. The number of hydrogen-bond donors (Lipinski definition) is 1. The van der Waals surface area contributed by atoms with Crippen LogP contribution < -0.4 is 9.47 Å². The zero-order chi connectivity index (χ0) is 18.4. The van der Waals surface area contributed by atoms with Gasteiger partial charge in [0, 0.05) is 11.6 Å². The first-order valence-electron chi connectivity index (χ1n) is 9.79. The highest BCUT2D eigenvalue weighted by molar-refractivity contribution is 5.49. The van der Waals surface area contributed by atoms with Crippen LogP contribution in [0.15, 0.2) is 36.4 Å². The lowest BCUT2D eigenvalue weighted by Crippen LogP contribution is -2.43. The van der Waals surface area contributed by atoms with Crippen LogP contribution in [0.2, 0.25) is 0 Å². The number of rotatable bonds is 2. The Kier molecular flexibility index (Phi) is 4.29. The van der Waals surface area contributed by atoms with Crippen molar-refractivity contribution in [3.05, 3.63) is 58.9 Å². The number of aliphatic hydroxyl groups excluding tert-OH is 1. The molecule has 0 amide bonds. The van der Waals surface area contributed by atoms with Crippen molar-refractivity contribution < 1.29 is 19.0 Å². The third kappa shape index (κ3) is 2.99. The predicted molar refractivity (Wildman–Crippen MR) is 99.8 cm³/mol. The maximum atomic E-state index is 13.5. The molecule has 0 saturated carbocycles. The lowest BCUT2D eigenvalue weighted by Gasteiger charge is -2.38. The van der Waals surface area contributed by atoms with Gasteiger partial charge in [0.1, 0.15) is 19.0 Å². The van der Waals surface area contributed by atoms with Crippen molar-refractivity contribution in [3.63, 3.8) is 0 Å². The Morgan fingerprint density at radius 1 is 1.00 bits per heavy atom. The van der Waals surface area contributed by atoms with Gasteiger partial charge in [-0.1, -0.05) is 18.2 Å². The van der Waals surface area contributed by atoms with Crippen molar-refractivity contribution in [2.24, 2.45) is 0 Å². The number of piperidine rings is 1. The van der Waals surface area contributed by atoms with E-state index in [4.69, 9.17) is 9.47 Å². The van der Waals surface area contributed by atoms with Gasteiger partial charge in [-0.3, -0.25) is 4.90 Å². The Morgan fingerprint density at radius 3 is 2.67 bits per heavy atom. The summed E-state index contributed by atoms with van der Waals surface area (Å²) in [5.41, 5.74) is 3.06. The summed E-state index contributed by atoms with van der Waals surface area (Å²) in [6.45, 7) is 3.06.